The predicted octanol–water partition coefficient (Wildman–Crippen LogP) is 6.77. The average molecular weight is 519 g/mol. The number of hydrogen-bond donors (Lipinski definition) is 1. The molecule has 0 radical (unpaired) electrons. The molecule has 2 aromatic rings. The number of methoxy groups -OCH3 is 1. The van der Waals surface area contributed by atoms with Gasteiger partial charge < -0.3 is 14.8 Å². The number of nitriles is 1. The summed E-state index contributed by atoms with van der Waals surface area (Å²) in [6, 6.07) is 2.34. The summed E-state index contributed by atoms with van der Waals surface area (Å²) in [6.45, 7) is 10.6. The number of ether oxygens (including phenoxy) is 2. The Morgan fingerprint density at radius 1 is 1.16 bits per heavy atom. The van der Waals surface area contributed by atoms with E-state index in [2.05, 4.69) is 30.2 Å². The topological polar surface area (TPSA) is 97.1 Å². The molecule has 0 saturated carbocycles. The number of aryl methyl sites for hydroxylation is 2. The maximum Gasteiger partial charge on any atom is 0.253 e. The maximum absolute atomic E-state index is 14.1. The Morgan fingerprint density at radius 3 is 2.55 bits per heavy atom. The predicted molar refractivity (Wildman–Crippen MR) is 152 cm³/mol. The molecule has 1 amide bonds. The molecule has 3 rings (SSSR count). The number of rotatable bonds is 13. The highest BCUT2D eigenvalue weighted by Crippen LogP contribution is 2.40. The van der Waals surface area contributed by atoms with Crippen molar-refractivity contribution < 1.29 is 14.3 Å². The van der Waals surface area contributed by atoms with E-state index in [1.165, 1.54) is 0 Å². The molecule has 2 atom stereocenters. The molecular formula is C31H42N4O3. The third kappa shape index (κ3) is 6.60. The summed E-state index contributed by atoms with van der Waals surface area (Å²) in [6.07, 6.45) is 12.9. The van der Waals surface area contributed by atoms with Crippen molar-refractivity contribution in [1.29, 1.82) is 5.26 Å². The summed E-state index contributed by atoms with van der Waals surface area (Å²) >= 11 is 0. The van der Waals surface area contributed by atoms with Crippen LogP contribution in [-0.4, -0.2) is 41.7 Å². The van der Waals surface area contributed by atoms with Crippen LogP contribution in [0.5, 0.6) is 5.88 Å². The number of pyridine rings is 2. The minimum Gasteiger partial charge on any atom is -0.477 e. The fourth-order valence-corrected chi connectivity index (χ4v) is 5.14. The van der Waals surface area contributed by atoms with E-state index in [4.69, 9.17) is 14.5 Å². The summed E-state index contributed by atoms with van der Waals surface area (Å²) in [4.78, 5) is 23.6. The van der Waals surface area contributed by atoms with Crippen molar-refractivity contribution in [2.45, 2.75) is 98.1 Å². The first-order valence-corrected chi connectivity index (χ1v) is 14.0. The van der Waals surface area contributed by atoms with Crippen molar-refractivity contribution >= 4 is 22.4 Å². The van der Waals surface area contributed by atoms with E-state index in [0.29, 0.717) is 41.1 Å². The number of hydrogen-bond acceptors (Lipinski definition) is 6. The number of allylic oxidation sites excluding steroid dienone is 2. The van der Waals surface area contributed by atoms with E-state index in [0.717, 1.165) is 67.2 Å². The number of carbonyl (C=O) groups is 1. The number of fused-ring (bicyclic) bond motifs is 1. The van der Waals surface area contributed by atoms with Gasteiger partial charge in [-0.15, -0.1) is 0 Å². The minimum atomic E-state index is -0.387. The van der Waals surface area contributed by atoms with Gasteiger partial charge in [-0.25, -0.2) is 4.98 Å². The van der Waals surface area contributed by atoms with E-state index in [1.807, 2.05) is 32.9 Å². The normalized spacial score (nSPS) is 16.0. The van der Waals surface area contributed by atoms with Gasteiger partial charge in [-0.3, -0.25) is 9.78 Å². The number of nitrogens with one attached hydrogen (secondary N) is 1. The van der Waals surface area contributed by atoms with Crippen molar-refractivity contribution in [3.8, 4) is 11.9 Å². The standard InChI is InChI=1S/C31H42N4O3/c1-7-10-12-14-23(13-11-8-2)35-30(36)26-21(5)34-29-20(4)19-33-31(38-9-3)28(29)27(26)24-16-15-22(18-32)17-25(24)37-6/h15-16,19,23,25H,7-14,17H2,1-6H3,(H,35,36). The number of aromatic nitrogens is 2. The lowest BCUT2D eigenvalue weighted by atomic mass is 9.85. The summed E-state index contributed by atoms with van der Waals surface area (Å²) in [5, 5.41) is 13.6. The quantitative estimate of drug-likeness (QED) is 0.294. The number of nitrogens with zero attached hydrogens (tertiary/aromatic N) is 3. The molecule has 2 unspecified atom stereocenters. The largest absolute Gasteiger partial charge is 0.477 e. The maximum atomic E-state index is 14.1. The van der Waals surface area contributed by atoms with Gasteiger partial charge in [0, 0.05) is 36.9 Å². The molecule has 38 heavy (non-hydrogen) atoms. The first-order valence-electron chi connectivity index (χ1n) is 14.0. The van der Waals surface area contributed by atoms with Gasteiger partial charge in [0.25, 0.3) is 5.91 Å². The van der Waals surface area contributed by atoms with Crippen LogP contribution in [0.15, 0.2) is 23.9 Å². The summed E-state index contributed by atoms with van der Waals surface area (Å²) in [5.74, 6) is 0.306. The zero-order valence-electron chi connectivity index (χ0n) is 23.8. The second-order valence-corrected chi connectivity index (χ2v) is 10.0. The van der Waals surface area contributed by atoms with Crippen molar-refractivity contribution in [2.24, 2.45) is 0 Å². The van der Waals surface area contributed by atoms with Crippen LogP contribution in [0.4, 0.5) is 0 Å². The molecule has 0 bridgehead atoms. The van der Waals surface area contributed by atoms with Crippen LogP contribution in [0.3, 0.4) is 0 Å². The Morgan fingerprint density at radius 2 is 1.89 bits per heavy atom. The highest BCUT2D eigenvalue weighted by atomic mass is 16.5. The molecule has 0 aliphatic heterocycles. The zero-order chi connectivity index (χ0) is 27.7. The molecular weight excluding hydrogens is 476 g/mol. The summed E-state index contributed by atoms with van der Waals surface area (Å²) in [7, 11) is 1.64. The van der Waals surface area contributed by atoms with E-state index in [1.54, 1.807) is 13.3 Å². The molecule has 7 heteroatoms. The lowest BCUT2D eigenvalue weighted by molar-refractivity contribution is 0.0930. The van der Waals surface area contributed by atoms with Crippen LogP contribution in [0.2, 0.25) is 0 Å². The Labute approximate surface area is 227 Å². The average Bonchev–Trinajstić information content (AvgIpc) is 2.92. The van der Waals surface area contributed by atoms with Gasteiger partial charge in [0.1, 0.15) is 0 Å². The molecule has 1 aliphatic carbocycles. The van der Waals surface area contributed by atoms with Crippen molar-refractivity contribution in [2.75, 3.05) is 13.7 Å². The zero-order valence-corrected chi connectivity index (χ0v) is 23.8. The molecule has 7 nitrogen and oxygen atoms in total. The summed E-state index contributed by atoms with van der Waals surface area (Å²) in [5.41, 5.74) is 5.02. The smallest absolute Gasteiger partial charge is 0.253 e. The fraction of sp³-hybridized carbons (Fsp3) is 0.548. The first kappa shape index (κ1) is 29.3. The third-order valence-electron chi connectivity index (χ3n) is 7.18. The molecule has 2 heterocycles. The van der Waals surface area contributed by atoms with E-state index < -0.39 is 0 Å². The Balaban J connectivity index is 2.25. The van der Waals surface area contributed by atoms with Gasteiger partial charge in [0.05, 0.1) is 40.9 Å². The van der Waals surface area contributed by atoms with Crippen LogP contribution in [0.25, 0.3) is 16.5 Å². The molecule has 204 valence electrons. The molecule has 2 aromatic heterocycles. The molecule has 0 saturated heterocycles. The number of unbranched alkanes of at least 4 members (excludes halogenated alkanes) is 3. The van der Waals surface area contributed by atoms with Crippen molar-refractivity contribution in [3.63, 3.8) is 0 Å². The first-order chi connectivity index (χ1) is 18.4. The van der Waals surface area contributed by atoms with Gasteiger partial charge in [-0.1, -0.05) is 52.0 Å². The van der Waals surface area contributed by atoms with Gasteiger partial charge in [-0.2, -0.15) is 5.26 Å². The molecule has 1 N–H and O–H groups in total. The fourth-order valence-electron chi connectivity index (χ4n) is 5.14. The number of amides is 1. The van der Waals surface area contributed by atoms with E-state index in [-0.39, 0.29) is 18.1 Å². The van der Waals surface area contributed by atoms with Gasteiger partial charge in [0.15, 0.2) is 0 Å². The van der Waals surface area contributed by atoms with Gasteiger partial charge >= 0.3 is 0 Å². The van der Waals surface area contributed by atoms with E-state index in [9.17, 15) is 10.1 Å². The molecule has 0 spiro atoms. The highest BCUT2D eigenvalue weighted by Gasteiger charge is 2.31. The third-order valence-corrected chi connectivity index (χ3v) is 7.18. The highest BCUT2D eigenvalue weighted by molar-refractivity contribution is 6.09. The lowest BCUT2D eigenvalue weighted by Crippen LogP contribution is -2.36. The van der Waals surface area contributed by atoms with E-state index >= 15 is 0 Å². The van der Waals surface area contributed by atoms with Crippen molar-refractivity contribution in [3.05, 3.63) is 46.3 Å². The van der Waals surface area contributed by atoms with Crippen LogP contribution in [0, 0.1) is 25.2 Å². The number of carbonyl (C=O) groups excluding carboxylic acids is 1. The second kappa shape index (κ2) is 14.1. The monoisotopic (exact) mass is 518 g/mol. The molecule has 0 fully saturated rings. The van der Waals surface area contributed by atoms with Crippen LogP contribution in [0.1, 0.15) is 99.3 Å². The second-order valence-electron chi connectivity index (χ2n) is 10.0. The Kier molecular flexibility index (Phi) is 10.8. The minimum absolute atomic E-state index is 0.0996. The Bertz CT molecular complexity index is 1240. The SMILES string of the molecule is CCCCCC(CCCC)NC(=O)c1c(C)nc2c(C)cnc(OCC)c2c1C1=CC=C(C#N)CC1OC. The lowest BCUT2D eigenvalue weighted by Gasteiger charge is -2.27. The molecule has 0 aromatic carbocycles. The van der Waals surface area contributed by atoms with Crippen LogP contribution >= 0.6 is 0 Å². The summed E-state index contributed by atoms with van der Waals surface area (Å²) < 4.78 is 11.8. The molecule has 1 aliphatic rings. The Hall–Kier alpha value is -3.24. The van der Waals surface area contributed by atoms with Gasteiger partial charge in [0.2, 0.25) is 5.88 Å². The van der Waals surface area contributed by atoms with Crippen LogP contribution in [-0.2, 0) is 4.74 Å². The van der Waals surface area contributed by atoms with Crippen LogP contribution < -0.4 is 10.1 Å². The van der Waals surface area contributed by atoms with Gasteiger partial charge in [-0.05, 0) is 50.8 Å². The van der Waals surface area contributed by atoms with Crippen molar-refractivity contribution in [1.82, 2.24) is 15.3 Å².